The van der Waals surface area contributed by atoms with E-state index in [9.17, 15) is 9.59 Å². The molecule has 1 heterocycles. The number of hydrogen-bond acceptors (Lipinski definition) is 5. The van der Waals surface area contributed by atoms with E-state index in [-0.39, 0.29) is 0 Å². The molecule has 1 aliphatic rings. The van der Waals surface area contributed by atoms with E-state index >= 15 is 0 Å². The van der Waals surface area contributed by atoms with Crippen LogP contribution < -0.4 is 0 Å². The fourth-order valence-electron chi connectivity index (χ4n) is 3.13. The maximum absolute atomic E-state index is 12.3. The standard InChI is InChI=1S/C16H19NO4/c1-4-13-12(11-6-5-9-17-10-11)7-8-16(13,14(18)20-2)15(19)21-3/h5-6,9-10H,4,7-8H2,1-3H3. The molecule has 2 rings (SSSR count). The van der Waals surface area contributed by atoms with E-state index < -0.39 is 17.4 Å². The second-order valence-electron chi connectivity index (χ2n) is 4.94. The summed E-state index contributed by atoms with van der Waals surface area (Å²) in [5.41, 5.74) is 1.38. The zero-order valence-corrected chi connectivity index (χ0v) is 12.5. The average Bonchev–Trinajstić information content (AvgIpc) is 2.94. The first-order chi connectivity index (χ1) is 10.1. The molecule has 0 unspecified atom stereocenters. The van der Waals surface area contributed by atoms with Crippen LogP contribution in [0, 0.1) is 5.41 Å². The van der Waals surface area contributed by atoms with Gasteiger partial charge in [-0.1, -0.05) is 13.0 Å². The van der Waals surface area contributed by atoms with Gasteiger partial charge in [0, 0.05) is 12.4 Å². The zero-order chi connectivity index (χ0) is 15.5. The van der Waals surface area contributed by atoms with Gasteiger partial charge in [-0.2, -0.15) is 0 Å². The fraction of sp³-hybridized carbons (Fsp3) is 0.438. The summed E-state index contributed by atoms with van der Waals surface area (Å²) in [7, 11) is 2.59. The van der Waals surface area contributed by atoms with Crippen molar-refractivity contribution in [2.24, 2.45) is 5.41 Å². The van der Waals surface area contributed by atoms with Gasteiger partial charge in [-0.3, -0.25) is 14.6 Å². The van der Waals surface area contributed by atoms with Gasteiger partial charge >= 0.3 is 11.9 Å². The number of pyridine rings is 1. The van der Waals surface area contributed by atoms with E-state index in [1.54, 1.807) is 12.4 Å². The van der Waals surface area contributed by atoms with E-state index in [4.69, 9.17) is 9.47 Å². The number of carbonyl (C=O) groups excluding carboxylic acids is 2. The summed E-state index contributed by atoms with van der Waals surface area (Å²) in [6.07, 6.45) is 5.02. The Labute approximate surface area is 124 Å². The number of aromatic nitrogens is 1. The highest BCUT2D eigenvalue weighted by atomic mass is 16.5. The van der Waals surface area contributed by atoms with Gasteiger partial charge in [0.15, 0.2) is 5.41 Å². The number of allylic oxidation sites excluding steroid dienone is 1. The van der Waals surface area contributed by atoms with Crippen molar-refractivity contribution < 1.29 is 19.1 Å². The van der Waals surface area contributed by atoms with E-state index in [1.807, 2.05) is 19.1 Å². The lowest BCUT2D eigenvalue weighted by Gasteiger charge is -2.26. The highest BCUT2D eigenvalue weighted by molar-refractivity contribution is 6.06. The number of nitrogens with zero attached hydrogens (tertiary/aromatic N) is 1. The minimum Gasteiger partial charge on any atom is -0.468 e. The van der Waals surface area contributed by atoms with Gasteiger partial charge < -0.3 is 9.47 Å². The summed E-state index contributed by atoms with van der Waals surface area (Å²) in [6, 6.07) is 3.77. The molecule has 0 radical (unpaired) electrons. The molecule has 0 spiro atoms. The summed E-state index contributed by atoms with van der Waals surface area (Å²) in [6.45, 7) is 1.93. The maximum Gasteiger partial charge on any atom is 0.327 e. The molecule has 0 saturated heterocycles. The third-order valence-electron chi connectivity index (χ3n) is 4.06. The topological polar surface area (TPSA) is 65.5 Å². The Hall–Kier alpha value is -2.17. The summed E-state index contributed by atoms with van der Waals surface area (Å²) < 4.78 is 9.77. The Bertz CT molecular complexity index is 561. The van der Waals surface area contributed by atoms with Gasteiger partial charge in [0.1, 0.15) is 0 Å². The highest BCUT2D eigenvalue weighted by Crippen LogP contribution is 2.49. The zero-order valence-electron chi connectivity index (χ0n) is 12.5. The van der Waals surface area contributed by atoms with Crippen molar-refractivity contribution >= 4 is 17.5 Å². The average molecular weight is 289 g/mol. The van der Waals surface area contributed by atoms with E-state index in [0.29, 0.717) is 19.3 Å². The molecule has 5 nitrogen and oxygen atoms in total. The molecule has 0 amide bonds. The van der Waals surface area contributed by atoms with Crippen molar-refractivity contribution in [3.05, 3.63) is 35.7 Å². The third kappa shape index (κ3) is 2.33. The van der Waals surface area contributed by atoms with Crippen LogP contribution in [0.3, 0.4) is 0 Å². The van der Waals surface area contributed by atoms with Crippen LogP contribution in [-0.4, -0.2) is 31.1 Å². The van der Waals surface area contributed by atoms with Crippen molar-refractivity contribution in [2.45, 2.75) is 26.2 Å². The highest BCUT2D eigenvalue weighted by Gasteiger charge is 2.54. The second-order valence-corrected chi connectivity index (χ2v) is 4.94. The molecule has 0 N–H and O–H groups in total. The number of hydrogen-bond donors (Lipinski definition) is 0. The van der Waals surface area contributed by atoms with Crippen molar-refractivity contribution in [1.82, 2.24) is 4.98 Å². The molecule has 0 atom stereocenters. The van der Waals surface area contributed by atoms with Gasteiger partial charge in [0.05, 0.1) is 14.2 Å². The van der Waals surface area contributed by atoms with Crippen LogP contribution >= 0.6 is 0 Å². The van der Waals surface area contributed by atoms with Crippen molar-refractivity contribution in [3.8, 4) is 0 Å². The van der Waals surface area contributed by atoms with Crippen molar-refractivity contribution in [3.63, 3.8) is 0 Å². The molecule has 0 fully saturated rings. The molecule has 5 heteroatoms. The smallest absolute Gasteiger partial charge is 0.327 e. The SMILES string of the molecule is CCC1=C(c2cccnc2)CCC1(C(=O)OC)C(=O)OC. The molecule has 0 saturated carbocycles. The molecular formula is C16H19NO4. The second kappa shape index (κ2) is 6.08. The van der Waals surface area contributed by atoms with Gasteiger partial charge in [-0.15, -0.1) is 0 Å². The lowest BCUT2D eigenvalue weighted by molar-refractivity contribution is -0.165. The van der Waals surface area contributed by atoms with E-state index in [2.05, 4.69) is 4.98 Å². The molecule has 1 aliphatic carbocycles. The van der Waals surface area contributed by atoms with Gasteiger partial charge in [0.2, 0.25) is 0 Å². The Balaban J connectivity index is 2.61. The molecule has 1 aromatic heterocycles. The Morgan fingerprint density at radius 1 is 1.29 bits per heavy atom. The predicted molar refractivity (Wildman–Crippen MR) is 77.1 cm³/mol. The first kappa shape index (κ1) is 15.2. The van der Waals surface area contributed by atoms with Crippen LogP contribution in [0.4, 0.5) is 0 Å². The van der Waals surface area contributed by atoms with Crippen molar-refractivity contribution in [1.29, 1.82) is 0 Å². The Kier molecular flexibility index (Phi) is 4.40. The van der Waals surface area contributed by atoms with E-state index in [1.165, 1.54) is 14.2 Å². The quantitative estimate of drug-likeness (QED) is 0.629. The molecule has 0 aliphatic heterocycles. The van der Waals surface area contributed by atoms with Crippen LogP contribution in [0.25, 0.3) is 5.57 Å². The molecule has 112 valence electrons. The van der Waals surface area contributed by atoms with Crippen LogP contribution in [0.5, 0.6) is 0 Å². The number of rotatable bonds is 4. The predicted octanol–water partition coefficient (Wildman–Crippen LogP) is 2.37. The van der Waals surface area contributed by atoms with E-state index in [0.717, 1.165) is 16.7 Å². The fourth-order valence-corrected chi connectivity index (χ4v) is 3.13. The minimum absolute atomic E-state index is 0.375. The summed E-state index contributed by atoms with van der Waals surface area (Å²) in [5.74, 6) is -1.10. The van der Waals surface area contributed by atoms with Gasteiger partial charge in [-0.05, 0) is 42.0 Å². The first-order valence-corrected chi connectivity index (χ1v) is 6.91. The molecule has 0 aromatic carbocycles. The van der Waals surface area contributed by atoms with Crippen LogP contribution in [0.2, 0.25) is 0 Å². The number of esters is 2. The lowest BCUT2D eigenvalue weighted by atomic mass is 9.79. The van der Waals surface area contributed by atoms with Crippen LogP contribution in [0.1, 0.15) is 31.7 Å². The number of carbonyl (C=O) groups is 2. The normalized spacial score (nSPS) is 16.7. The largest absolute Gasteiger partial charge is 0.468 e. The first-order valence-electron chi connectivity index (χ1n) is 6.91. The summed E-state index contributed by atoms with van der Waals surface area (Å²) >= 11 is 0. The summed E-state index contributed by atoms with van der Waals surface area (Å²) in [5, 5.41) is 0. The Morgan fingerprint density at radius 3 is 2.43 bits per heavy atom. The lowest BCUT2D eigenvalue weighted by Crippen LogP contribution is -2.41. The molecule has 0 bridgehead atoms. The third-order valence-corrected chi connectivity index (χ3v) is 4.06. The van der Waals surface area contributed by atoms with Crippen LogP contribution in [0.15, 0.2) is 30.1 Å². The summed E-state index contributed by atoms with van der Waals surface area (Å²) in [4.78, 5) is 28.7. The minimum atomic E-state index is -1.32. The number of ether oxygens (including phenoxy) is 2. The molecular weight excluding hydrogens is 270 g/mol. The molecule has 1 aromatic rings. The van der Waals surface area contributed by atoms with Crippen LogP contribution in [-0.2, 0) is 19.1 Å². The molecule has 21 heavy (non-hydrogen) atoms. The Morgan fingerprint density at radius 2 is 1.95 bits per heavy atom. The number of methoxy groups -OCH3 is 2. The van der Waals surface area contributed by atoms with Gasteiger partial charge in [0.25, 0.3) is 0 Å². The monoisotopic (exact) mass is 289 g/mol. The maximum atomic E-state index is 12.3. The van der Waals surface area contributed by atoms with Crippen molar-refractivity contribution in [2.75, 3.05) is 14.2 Å². The van der Waals surface area contributed by atoms with Gasteiger partial charge in [-0.25, -0.2) is 0 Å².